The molecule has 0 aliphatic carbocycles. The van der Waals surface area contributed by atoms with Crippen molar-refractivity contribution in [2.75, 3.05) is 6.61 Å². The van der Waals surface area contributed by atoms with Crippen LogP contribution in [0.1, 0.15) is 39.4 Å². The second-order valence-electron chi connectivity index (χ2n) is 6.21. The molecule has 1 aromatic rings. The Balaban J connectivity index is 1.91. The monoisotopic (exact) mass is 262 g/mol. The zero-order valence-corrected chi connectivity index (χ0v) is 11.8. The number of fused-ring (bicyclic) bond motifs is 1. The van der Waals surface area contributed by atoms with Gasteiger partial charge < -0.3 is 19.2 Å². The maximum atomic E-state index is 9.85. The van der Waals surface area contributed by atoms with Gasteiger partial charge in [0.2, 0.25) is 0 Å². The van der Waals surface area contributed by atoms with Crippen LogP contribution in [0.3, 0.4) is 0 Å². The van der Waals surface area contributed by atoms with Gasteiger partial charge in [-0.2, -0.15) is 0 Å². The Labute approximate surface area is 113 Å². The molecule has 2 aliphatic rings. The first-order chi connectivity index (χ1) is 8.80. The lowest BCUT2D eigenvalue weighted by atomic mass is 9.78. The molecule has 1 fully saturated rings. The second-order valence-corrected chi connectivity index (χ2v) is 6.21. The third kappa shape index (κ3) is 1.97. The third-order valence-corrected chi connectivity index (χ3v) is 4.31. The van der Waals surface area contributed by atoms with Crippen molar-refractivity contribution in [3.63, 3.8) is 0 Å². The van der Waals surface area contributed by atoms with Crippen molar-refractivity contribution >= 4 is 12.6 Å². The highest BCUT2D eigenvalue weighted by Gasteiger charge is 2.51. The van der Waals surface area contributed by atoms with Crippen molar-refractivity contribution in [2.24, 2.45) is 0 Å². The summed E-state index contributed by atoms with van der Waals surface area (Å²) in [5.74, 6) is 0.743. The molecule has 0 saturated carbocycles. The van der Waals surface area contributed by atoms with Gasteiger partial charge in [0.25, 0.3) is 0 Å². The van der Waals surface area contributed by atoms with Crippen LogP contribution in [-0.4, -0.2) is 30.0 Å². The largest absolute Gasteiger partial charge is 0.494 e. The van der Waals surface area contributed by atoms with Crippen LogP contribution in [0, 0.1) is 0 Å². The summed E-state index contributed by atoms with van der Waals surface area (Å²) in [6.45, 7) is 8.43. The molecule has 2 heterocycles. The molecule has 0 radical (unpaired) electrons. The molecule has 0 aromatic heterocycles. The fourth-order valence-electron chi connectivity index (χ4n) is 2.34. The maximum absolute atomic E-state index is 9.85. The van der Waals surface area contributed by atoms with E-state index in [4.69, 9.17) is 14.0 Å². The lowest BCUT2D eigenvalue weighted by molar-refractivity contribution is 0.00578. The molecule has 0 amide bonds. The maximum Gasteiger partial charge on any atom is 0.494 e. The Kier molecular flexibility index (Phi) is 2.72. The number of hydrogen-bond donors (Lipinski definition) is 1. The molecule has 3 rings (SSSR count). The summed E-state index contributed by atoms with van der Waals surface area (Å²) in [7, 11) is -0.400. The van der Waals surface area contributed by atoms with Crippen LogP contribution in [0.4, 0.5) is 0 Å². The highest BCUT2D eigenvalue weighted by atomic mass is 16.7. The average Bonchev–Trinajstić information content (AvgIpc) is 2.78. The average molecular weight is 262 g/mol. The fourth-order valence-corrected chi connectivity index (χ4v) is 2.34. The fraction of sp³-hybridized carbons (Fsp3) is 0.571. The van der Waals surface area contributed by atoms with E-state index in [2.05, 4.69) is 0 Å². The summed E-state index contributed by atoms with van der Waals surface area (Å²) in [4.78, 5) is 0. The first-order valence-corrected chi connectivity index (χ1v) is 6.60. The van der Waals surface area contributed by atoms with E-state index in [9.17, 15) is 5.11 Å². The van der Waals surface area contributed by atoms with E-state index < -0.39 is 13.2 Å². The van der Waals surface area contributed by atoms with Crippen LogP contribution >= 0.6 is 0 Å². The zero-order valence-electron chi connectivity index (χ0n) is 11.8. The standard InChI is InChI=1S/C14H19BO4/c1-13(2)14(3,4)19-15(18-13)9-5-6-12-10(7-9)11(16)8-17-12/h5-7,11,16H,8H2,1-4H3. The molecular formula is C14H19BO4. The lowest BCUT2D eigenvalue weighted by Gasteiger charge is -2.32. The molecular weight excluding hydrogens is 243 g/mol. The number of aliphatic hydroxyl groups excluding tert-OH is 1. The van der Waals surface area contributed by atoms with Crippen molar-refractivity contribution < 1.29 is 19.2 Å². The molecule has 1 saturated heterocycles. The van der Waals surface area contributed by atoms with Gasteiger partial charge in [-0.1, -0.05) is 12.1 Å². The predicted octanol–water partition coefficient (Wildman–Crippen LogP) is 1.41. The first-order valence-electron chi connectivity index (χ1n) is 6.60. The van der Waals surface area contributed by atoms with Crippen LogP contribution in [-0.2, 0) is 9.31 Å². The van der Waals surface area contributed by atoms with Crippen LogP contribution < -0.4 is 10.2 Å². The molecule has 5 heteroatoms. The minimum Gasteiger partial charge on any atom is -0.490 e. The van der Waals surface area contributed by atoms with Crippen molar-refractivity contribution in [3.05, 3.63) is 23.8 Å². The summed E-state index contributed by atoms with van der Waals surface area (Å²) in [6.07, 6.45) is -0.558. The smallest absolute Gasteiger partial charge is 0.490 e. The molecule has 0 bridgehead atoms. The van der Waals surface area contributed by atoms with Crippen LogP contribution in [0.5, 0.6) is 5.75 Å². The highest BCUT2D eigenvalue weighted by Crippen LogP contribution is 2.37. The Morgan fingerprint density at radius 2 is 1.79 bits per heavy atom. The number of rotatable bonds is 1. The summed E-state index contributed by atoms with van der Waals surface area (Å²) in [6, 6.07) is 5.71. The van der Waals surface area contributed by atoms with Crippen LogP contribution in [0.2, 0.25) is 0 Å². The van der Waals surface area contributed by atoms with E-state index in [0.717, 1.165) is 16.8 Å². The van der Waals surface area contributed by atoms with Crippen molar-refractivity contribution in [1.29, 1.82) is 0 Å². The molecule has 1 N–H and O–H groups in total. The van der Waals surface area contributed by atoms with E-state index in [1.54, 1.807) is 0 Å². The van der Waals surface area contributed by atoms with Gasteiger partial charge in [0.1, 0.15) is 18.5 Å². The number of benzene rings is 1. The van der Waals surface area contributed by atoms with Crippen molar-refractivity contribution in [3.8, 4) is 5.75 Å². The Morgan fingerprint density at radius 3 is 2.42 bits per heavy atom. The highest BCUT2D eigenvalue weighted by molar-refractivity contribution is 6.62. The summed E-state index contributed by atoms with van der Waals surface area (Å²) in [5.41, 5.74) is 1.02. The molecule has 1 atom stereocenters. The first kappa shape index (κ1) is 13.0. The quantitative estimate of drug-likeness (QED) is 0.777. The van der Waals surface area contributed by atoms with E-state index in [1.165, 1.54) is 0 Å². The normalized spacial score (nSPS) is 27.2. The van der Waals surface area contributed by atoms with E-state index in [-0.39, 0.29) is 11.2 Å². The lowest BCUT2D eigenvalue weighted by Crippen LogP contribution is -2.41. The van der Waals surface area contributed by atoms with Crippen LogP contribution in [0.15, 0.2) is 18.2 Å². The summed E-state index contributed by atoms with van der Waals surface area (Å²) >= 11 is 0. The Morgan fingerprint density at radius 1 is 1.16 bits per heavy atom. The van der Waals surface area contributed by atoms with Gasteiger partial charge in [-0.25, -0.2) is 0 Å². The molecule has 102 valence electrons. The second kappa shape index (κ2) is 3.98. The number of hydrogen-bond acceptors (Lipinski definition) is 4. The van der Waals surface area contributed by atoms with Gasteiger partial charge in [0.15, 0.2) is 0 Å². The van der Waals surface area contributed by atoms with Gasteiger partial charge in [0, 0.05) is 5.56 Å². The SMILES string of the molecule is CC1(C)OB(c2ccc3c(c2)C(O)CO3)OC1(C)C. The van der Waals surface area contributed by atoms with Crippen molar-refractivity contribution in [2.45, 2.75) is 45.0 Å². The third-order valence-electron chi connectivity index (χ3n) is 4.31. The van der Waals surface area contributed by atoms with E-state index >= 15 is 0 Å². The molecule has 19 heavy (non-hydrogen) atoms. The molecule has 2 aliphatic heterocycles. The summed E-state index contributed by atoms with van der Waals surface area (Å²) in [5, 5.41) is 9.85. The van der Waals surface area contributed by atoms with E-state index in [0.29, 0.717) is 6.61 Å². The molecule has 1 unspecified atom stereocenters. The topological polar surface area (TPSA) is 47.9 Å². The number of ether oxygens (including phenoxy) is 1. The van der Waals surface area contributed by atoms with Gasteiger partial charge in [-0.3, -0.25) is 0 Å². The Hall–Kier alpha value is -1.04. The van der Waals surface area contributed by atoms with E-state index in [1.807, 2.05) is 45.9 Å². The molecule has 4 nitrogen and oxygen atoms in total. The Bertz CT molecular complexity index is 496. The van der Waals surface area contributed by atoms with Crippen molar-refractivity contribution in [1.82, 2.24) is 0 Å². The minimum absolute atomic E-state index is 0.322. The molecule has 0 spiro atoms. The summed E-state index contributed by atoms with van der Waals surface area (Å²) < 4.78 is 17.4. The van der Waals surface area contributed by atoms with Gasteiger partial charge in [-0.05, 0) is 39.2 Å². The zero-order chi connectivity index (χ0) is 13.8. The molecule has 1 aromatic carbocycles. The van der Waals surface area contributed by atoms with Gasteiger partial charge in [0.05, 0.1) is 11.2 Å². The minimum atomic E-state index is -0.558. The number of aliphatic hydroxyl groups is 1. The van der Waals surface area contributed by atoms with Crippen LogP contribution in [0.25, 0.3) is 0 Å². The van der Waals surface area contributed by atoms with Gasteiger partial charge >= 0.3 is 7.12 Å². The van der Waals surface area contributed by atoms with Gasteiger partial charge in [-0.15, -0.1) is 0 Å². The predicted molar refractivity (Wildman–Crippen MR) is 72.6 cm³/mol.